The molecule has 1 atom stereocenters. The molecule has 192 valence electrons. The minimum absolute atomic E-state index is 0.0825. The zero-order valence-electron chi connectivity index (χ0n) is 23.0. The number of hydrogen-bond donors (Lipinski definition) is 0. The van der Waals surface area contributed by atoms with Gasteiger partial charge >= 0.3 is 5.97 Å². The average molecular weight is 480 g/mol. The lowest BCUT2D eigenvalue weighted by molar-refractivity contribution is -0.139. The smallest absolute Gasteiger partial charge is 0.350 e. The molecule has 5 heteroatoms. The topological polar surface area (TPSA) is 77.1 Å². The molecule has 0 aromatic heterocycles. The molecular weight excluding hydrogens is 434 g/mol. The minimum atomic E-state index is -0.710. The Bertz CT molecular complexity index is 907. The van der Waals surface area contributed by atoms with Crippen molar-refractivity contribution in [2.75, 3.05) is 24.6 Å². The molecule has 0 amide bonds. The fraction of sp³-hybridized carbons (Fsp3) is 0.633. The molecule has 0 saturated carbocycles. The molecule has 0 radical (unpaired) electrons. The fourth-order valence-electron chi connectivity index (χ4n) is 3.94. The molecule has 1 aromatic carbocycles. The highest BCUT2D eigenvalue weighted by Crippen LogP contribution is 2.28. The van der Waals surface area contributed by atoms with E-state index >= 15 is 0 Å². The van der Waals surface area contributed by atoms with Crippen LogP contribution in [0.5, 0.6) is 0 Å². The number of hydrogen-bond acceptors (Lipinski definition) is 5. The van der Waals surface area contributed by atoms with Crippen molar-refractivity contribution in [2.24, 2.45) is 17.8 Å². The molecule has 1 unspecified atom stereocenters. The first-order valence-electron chi connectivity index (χ1n) is 13.3. The van der Waals surface area contributed by atoms with Gasteiger partial charge < -0.3 is 9.64 Å². The zero-order valence-corrected chi connectivity index (χ0v) is 23.0. The predicted molar refractivity (Wildman–Crippen MR) is 145 cm³/mol. The van der Waals surface area contributed by atoms with E-state index in [9.17, 15) is 15.3 Å². The number of carbonyl (C=O) groups excluding carboxylic acids is 1. The molecule has 0 bridgehead atoms. The van der Waals surface area contributed by atoms with Gasteiger partial charge in [-0.25, -0.2) is 4.79 Å². The standard InChI is InChI=1S/C30H45N3O2/c1-8-10-11-25(9-2)21-35-30(34)29(20-32)28(19-31)27-13-12-26(18-24(27)7)33(16-14-22(3)4)17-15-23(5)6/h12-13,18,22-23,25H,8-11,14-17,21H2,1-7H3/b29-28-. The summed E-state index contributed by atoms with van der Waals surface area (Å²) in [7, 11) is 0. The van der Waals surface area contributed by atoms with Crippen molar-refractivity contribution in [1.82, 2.24) is 0 Å². The van der Waals surface area contributed by atoms with Crippen LogP contribution >= 0.6 is 0 Å². The van der Waals surface area contributed by atoms with Crippen molar-refractivity contribution in [3.05, 3.63) is 34.9 Å². The van der Waals surface area contributed by atoms with Crippen molar-refractivity contribution >= 4 is 17.2 Å². The molecule has 0 heterocycles. The molecule has 0 fully saturated rings. The van der Waals surface area contributed by atoms with Gasteiger partial charge in [-0.1, -0.05) is 66.9 Å². The molecule has 1 aromatic rings. The second kappa shape index (κ2) is 16.0. The number of carbonyl (C=O) groups is 1. The normalized spacial score (nSPS) is 12.7. The Hall–Kier alpha value is -2.79. The fourth-order valence-corrected chi connectivity index (χ4v) is 3.94. The summed E-state index contributed by atoms with van der Waals surface area (Å²) in [5, 5.41) is 19.6. The zero-order chi connectivity index (χ0) is 26.4. The summed E-state index contributed by atoms with van der Waals surface area (Å²) in [5.41, 5.74) is 2.44. The maximum absolute atomic E-state index is 12.8. The van der Waals surface area contributed by atoms with Gasteiger partial charge in [0.15, 0.2) is 5.57 Å². The van der Waals surface area contributed by atoms with Gasteiger partial charge in [-0.15, -0.1) is 0 Å². The van der Waals surface area contributed by atoms with Crippen molar-refractivity contribution in [3.63, 3.8) is 0 Å². The van der Waals surface area contributed by atoms with Gasteiger partial charge in [0.2, 0.25) is 0 Å². The molecule has 1 rings (SSSR count). The van der Waals surface area contributed by atoms with Crippen LogP contribution in [0, 0.1) is 47.3 Å². The van der Waals surface area contributed by atoms with Crippen LogP contribution in [0.25, 0.3) is 5.57 Å². The van der Waals surface area contributed by atoms with E-state index in [1.54, 1.807) is 0 Å². The van der Waals surface area contributed by atoms with E-state index in [2.05, 4.69) is 58.6 Å². The Balaban J connectivity index is 3.20. The third-order valence-electron chi connectivity index (χ3n) is 6.47. The summed E-state index contributed by atoms with van der Waals surface area (Å²) in [6.07, 6.45) is 6.27. The number of esters is 1. The lowest BCUT2D eigenvalue weighted by Gasteiger charge is -2.27. The average Bonchev–Trinajstić information content (AvgIpc) is 2.82. The number of anilines is 1. The Labute approximate surface area is 213 Å². The molecule has 0 aliphatic rings. The highest BCUT2D eigenvalue weighted by molar-refractivity contribution is 6.05. The van der Waals surface area contributed by atoms with Crippen LogP contribution in [0.3, 0.4) is 0 Å². The molecule has 35 heavy (non-hydrogen) atoms. The molecule has 0 N–H and O–H groups in total. The van der Waals surface area contributed by atoms with Crippen LogP contribution in [0.4, 0.5) is 5.69 Å². The molecule has 0 aliphatic carbocycles. The van der Waals surface area contributed by atoms with E-state index in [1.165, 1.54) is 0 Å². The lowest BCUT2D eigenvalue weighted by Crippen LogP contribution is -2.27. The maximum Gasteiger partial charge on any atom is 0.350 e. The molecule has 5 nitrogen and oxygen atoms in total. The highest BCUT2D eigenvalue weighted by Gasteiger charge is 2.21. The second-order valence-electron chi connectivity index (χ2n) is 10.3. The van der Waals surface area contributed by atoms with Gasteiger partial charge in [-0.3, -0.25) is 0 Å². The van der Waals surface area contributed by atoms with Crippen LogP contribution in [0.15, 0.2) is 23.8 Å². The largest absolute Gasteiger partial charge is 0.461 e. The Morgan fingerprint density at radius 1 is 1.00 bits per heavy atom. The van der Waals surface area contributed by atoms with Crippen molar-refractivity contribution < 1.29 is 9.53 Å². The van der Waals surface area contributed by atoms with Crippen molar-refractivity contribution in [1.29, 1.82) is 10.5 Å². The van der Waals surface area contributed by atoms with E-state index in [0.717, 1.165) is 62.9 Å². The first-order chi connectivity index (χ1) is 16.7. The van der Waals surface area contributed by atoms with Crippen LogP contribution in [0.1, 0.15) is 91.2 Å². The quantitative estimate of drug-likeness (QED) is 0.148. The van der Waals surface area contributed by atoms with Crippen molar-refractivity contribution in [2.45, 2.75) is 87.0 Å². The number of rotatable bonds is 15. The monoisotopic (exact) mass is 479 g/mol. The second-order valence-corrected chi connectivity index (χ2v) is 10.3. The molecule has 0 spiro atoms. The highest BCUT2D eigenvalue weighted by atomic mass is 16.5. The summed E-state index contributed by atoms with van der Waals surface area (Å²) in [6, 6.07) is 9.96. The summed E-state index contributed by atoms with van der Waals surface area (Å²) in [6.45, 7) is 17.3. The number of ether oxygens (including phenoxy) is 1. The van der Waals surface area contributed by atoms with Gasteiger partial charge in [-0.2, -0.15) is 10.5 Å². The molecule has 0 saturated heterocycles. The minimum Gasteiger partial charge on any atom is -0.461 e. The molecular formula is C30H45N3O2. The number of unbranched alkanes of at least 4 members (excludes halogenated alkanes) is 1. The SMILES string of the molecule is CCCCC(CC)COC(=O)/C(C#N)=C(/C#N)c1ccc(N(CCC(C)C)CCC(C)C)cc1C. The van der Waals surface area contributed by atoms with Crippen LogP contribution < -0.4 is 4.90 Å². The Kier molecular flexibility index (Phi) is 13.8. The van der Waals surface area contributed by atoms with E-state index < -0.39 is 5.97 Å². The summed E-state index contributed by atoms with van der Waals surface area (Å²) >= 11 is 0. The first-order valence-corrected chi connectivity index (χ1v) is 13.3. The predicted octanol–water partition coefficient (Wildman–Crippen LogP) is 7.45. The maximum atomic E-state index is 12.8. The number of nitrogens with zero attached hydrogens (tertiary/aromatic N) is 3. The third kappa shape index (κ3) is 10.2. The van der Waals surface area contributed by atoms with E-state index in [0.29, 0.717) is 17.4 Å². The van der Waals surface area contributed by atoms with Gasteiger partial charge in [0, 0.05) is 18.8 Å². The van der Waals surface area contributed by atoms with Gasteiger partial charge in [0.25, 0.3) is 0 Å². The van der Waals surface area contributed by atoms with Crippen molar-refractivity contribution in [3.8, 4) is 12.1 Å². The van der Waals surface area contributed by atoms with Crippen LogP contribution in [-0.2, 0) is 9.53 Å². The number of allylic oxidation sites excluding steroid dienone is 1. The van der Waals surface area contributed by atoms with Gasteiger partial charge in [0.05, 0.1) is 12.2 Å². The summed E-state index contributed by atoms with van der Waals surface area (Å²) in [4.78, 5) is 15.2. The summed E-state index contributed by atoms with van der Waals surface area (Å²) < 4.78 is 5.48. The first kappa shape index (κ1) is 30.2. The third-order valence-corrected chi connectivity index (χ3v) is 6.47. The van der Waals surface area contributed by atoms with Gasteiger partial charge in [-0.05, 0) is 67.2 Å². The summed E-state index contributed by atoms with van der Waals surface area (Å²) in [5.74, 6) is 0.790. The lowest BCUT2D eigenvalue weighted by atomic mass is 9.96. The molecule has 0 aliphatic heterocycles. The van der Waals surface area contributed by atoms with Crippen LogP contribution in [0.2, 0.25) is 0 Å². The van der Waals surface area contributed by atoms with E-state index in [4.69, 9.17) is 4.74 Å². The van der Waals surface area contributed by atoms with Gasteiger partial charge in [0.1, 0.15) is 12.1 Å². The Morgan fingerprint density at radius 2 is 1.63 bits per heavy atom. The Morgan fingerprint density at radius 3 is 2.09 bits per heavy atom. The number of benzene rings is 1. The van der Waals surface area contributed by atoms with E-state index in [-0.39, 0.29) is 23.7 Å². The number of nitriles is 2. The number of aryl methyl sites for hydroxylation is 1. The van der Waals surface area contributed by atoms with E-state index in [1.807, 2.05) is 25.1 Å². The van der Waals surface area contributed by atoms with Crippen LogP contribution in [-0.4, -0.2) is 25.7 Å².